The van der Waals surface area contributed by atoms with E-state index in [4.69, 9.17) is 27.6 Å². The summed E-state index contributed by atoms with van der Waals surface area (Å²) < 4.78 is 5.80. The molecule has 0 aliphatic heterocycles. The average molecular weight is 499 g/mol. The van der Waals surface area contributed by atoms with Gasteiger partial charge >= 0.3 is 5.91 Å². The van der Waals surface area contributed by atoms with E-state index in [-0.39, 0.29) is 22.3 Å². The highest BCUT2D eigenvalue weighted by molar-refractivity contribution is 6.33. The van der Waals surface area contributed by atoms with Gasteiger partial charge in [0.1, 0.15) is 5.76 Å². The van der Waals surface area contributed by atoms with Crippen molar-refractivity contribution in [3.8, 4) is 0 Å². The predicted octanol–water partition coefficient (Wildman–Crippen LogP) is 4.44. The summed E-state index contributed by atoms with van der Waals surface area (Å²) in [4.78, 5) is 37.4. The van der Waals surface area contributed by atoms with E-state index in [9.17, 15) is 14.4 Å². The number of nitrogens with zero attached hydrogens (tertiary/aromatic N) is 1. The molecule has 1 aliphatic carbocycles. The molecule has 1 aliphatic rings. The highest BCUT2D eigenvalue weighted by Gasteiger charge is 2.28. The summed E-state index contributed by atoms with van der Waals surface area (Å²) >= 11 is 11.9. The van der Waals surface area contributed by atoms with E-state index in [1.807, 2.05) is 0 Å². The van der Waals surface area contributed by atoms with Crippen LogP contribution in [0.3, 0.4) is 0 Å². The number of carbonyl (C=O) groups excluding carboxylic acids is 3. The topological polar surface area (TPSA) is 113 Å². The number of amides is 3. The van der Waals surface area contributed by atoms with Crippen LogP contribution in [0.1, 0.15) is 61.0 Å². The third-order valence-electron chi connectivity index (χ3n) is 5.34. The number of fused-ring (bicyclic) bond motifs is 1. The lowest BCUT2D eigenvalue weighted by molar-refractivity contribution is 0.0829. The number of hydrogen-bond acceptors (Lipinski definition) is 5. The number of halogens is 2. The predicted molar refractivity (Wildman–Crippen MR) is 128 cm³/mol. The minimum atomic E-state index is -0.614. The molecule has 8 nitrogen and oxygen atoms in total. The number of hydrazone groups is 1. The Morgan fingerprint density at radius 3 is 2.35 bits per heavy atom. The summed E-state index contributed by atoms with van der Waals surface area (Å²) in [5, 5.41) is 5.08. The van der Waals surface area contributed by atoms with Gasteiger partial charge in [0.15, 0.2) is 5.76 Å². The summed E-state index contributed by atoms with van der Waals surface area (Å²) in [5.74, 6) is -0.886. The number of aryl methyl sites for hydroxylation is 1. The Bertz CT molecular complexity index is 1300. The molecule has 0 unspecified atom stereocenters. The van der Waals surface area contributed by atoms with Crippen LogP contribution in [0.25, 0.3) is 0 Å². The molecule has 3 N–H and O–H groups in total. The van der Waals surface area contributed by atoms with Crippen LogP contribution in [-0.4, -0.2) is 23.4 Å². The van der Waals surface area contributed by atoms with Crippen molar-refractivity contribution in [2.24, 2.45) is 5.10 Å². The van der Waals surface area contributed by atoms with Gasteiger partial charge in [-0.25, -0.2) is 5.43 Å². The van der Waals surface area contributed by atoms with Crippen molar-refractivity contribution in [1.82, 2.24) is 16.3 Å². The third kappa shape index (κ3) is 4.98. The lowest BCUT2D eigenvalue weighted by atomic mass is 9.93. The molecule has 0 fully saturated rings. The second-order valence-corrected chi connectivity index (χ2v) is 8.45. The zero-order valence-electron chi connectivity index (χ0n) is 18.1. The summed E-state index contributed by atoms with van der Waals surface area (Å²) in [5.41, 5.74) is 9.76. The van der Waals surface area contributed by atoms with Gasteiger partial charge in [-0.1, -0.05) is 35.3 Å². The van der Waals surface area contributed by atoms with Crippen LogP contribution in [0.2, 0.25) is 10.0 Å². The minimum absolute atomic E-state index is 0.0584. The van der Waals surface area contributed by atoms with Crippen molar-refractivity contribution in [1.29, 1.82) is 0 Å². The second kappa shape index (κ2) is 10.1. The van der Waals surface area contributed by atoms with E-state index in [0.717, 1.165) is 6.42 Å². The van der Waals surface area contributed by atoms with Crippen LogP contribution in [0, 0.1) is 6.92 Å². The molecule has 3 amide bonds. The zero-order valence-corrected chi connectivity index (χ0v) is 19.6. The van der Waals surface area contributed by atoms with Crippen LogP contribution in [-0.2, 0) is 6.42 Å². The molecule has 10 heteroatoms. The number of nitrogens with one attached hydrogen (secondary N) is 3. The lowest BCUT2D eigenvalue weighted by Crippen LogP contribution is -2.41. The maximum absolute atomic E-state index is 12.7. The van der Waals surface area contributed by atoms with Gasteiger partial charge in [-0.2, -0.15) is 5.10 Å². The summed E-state index contributed by atoms with van der Waals surface area (Å²) in [7, 11) is 0. The van der Waals surface area contributed by atoms with Crippen LogP contribution in [0.15, 0.2) is 58.0 Å². The van der Waals surface area contributed by atoms with Crippen molar-refractivity contribution in [3.05, 3.63) is 92.4 Å². The smallest absolute Gasteiger partial charge is 0.305 e. The molecule has 174 valence electrons. The molecule has 0 saturated carbocycles. The monoisotopic (exact) mass is 498 g/mol. The standard InChI is InChI=1S/C24H20Cl2N4O4/c1-13-20-18(27-28-22(31)14-9-11-15(25)12-10-14)7-4-8-19(20)34-21(13)24(33)30-29-23(32)16-5-2-3-6-17(16)26/h2-3,5-6,9-12H,4,7-8H2,1H3,(H,28,31)(H,29,32)(H,30,33)/b27-18+. The van der Waals surface area contributed by atoms with Gasteiger partial charge in [-0.3, -0.25) is 25.2 Å². The van der Waals surface area contributed by atoms with Crippen molar-refractivity contribution < 1.29 is 18.8 Å². The molecule has 0 radical (unpaired) electrons. The number of carbonyl (C=O) groups is 3. The first-order valence-corrected chi connectivity index (χ1v) is 11.2. The largest absolute Gasteiger partial charge is 0.455 e. The van der Waals surface area contributed by atoms with E-state index in [0.29, 0.717) is 46.0 Å². The van der Waals surface area contributed by atoms with Crippen LogP contribution in [0.5, 0.6) is 0 Å². The molecule has 0 spiro atoms. The van der Waals surface area contributed by atoms with Crippen molar-refractivity contribution in [2.75, 3.05) is 0 Å². The fraction of sp³-hybridized carbons (Fsp3) is 0.167. The minimum Gasteiger partial charge on any atom is -0.455 e. The highest BCUT2D eigenvalue weighted by Crippen LogP contribution is 2.30. The van der Waals surface area contributed by atoms with E-state index < -0.39 is 11.8 Å². The van der Waals surface area contributed by atoms with Gasteiger partial charge in [-0.05, 0) is 56.2 Å². The lowest BCUT2D eigenvalue weighted by Gasteiger charge is -2.13. The number of benzene rings is 2. The highest BCUT2D eigenvalue weighted by atomic mass is 35.5. The van der Waals surface area contributed by atoms with E-state index in [1.165, 1.54) is 0 Å². The molecule has 2 aromatic carbocycles. The molecular weight excluding hydrogens is 479 g/mol. The zero-order chi connectivity index (χ0) is 24.2. The van der Waals surface area contributed by atoms with Gasteiger partial charge in [-0.15, -0.1) is 0 Å². The fourth-order valence-electron chi connectivity index (χ4n) is 3.66. The maximum Gasteiger partial charge on any atom is 0.305 e. The van der Waals surface area contributed by atoms with E-state index >= 15 is 0 Å². The van der Waals surface area contributed by atoms with Gasteiger partial charge < -0.3 is 4.42 Å². The second-order valence-electron chi connectivity index (χ2n) is 7.60. The molecule has 4 rings (SSSR count). The molecule has 34 heavy (non-hydrogen) atoms. The Kier molecular flexibility index (Phi) is 7.00. The molecule has 1 aromatic heterocycles. The quantitative estimate of drug-likeness (QED) is 0.461. The summed E-state index contributed by atoms with van der Waals surface area (Å²) in [6, 6.07) is 12.9. The Labute approximate surface area is 205 Å². The number of rotatable bonds is 4. The summed E-state index contributed by atoms with van der Waals surface area (Å²) in [6.45, 7) is 1.73. The van der Waals surface area contributed by atoms with E-state index in [1.54, 1.807) is 55.5 Å². The Hall–Kier alpha value is -3.62. The van der Waals surface area contributed by atoms with Gasteiger partial charge in [0.2, 0.25) is 0 Å². The van der Waals surface area contributed by atoms with Gasteiger partial charge in [0.05, 0.1) is 16.3 Å². The number of hydrogen-bond donors (Lipinski definition) is 3. The molecule has 0 atom stereocenters. The average Bonchev–Trinajstić information content (AvgIpc) is 3.18. The Morgan fingerprint density at radius 1 is 0.912 bits per heavy atom. The molecular formula is C24H20Cl2N4O4. The Morgan fingerprint density at radius 2 is 1.62 bits per heavy atom. The summed E-state index contributed by atoms with van der Waals surface area (Å²) in [6.07, 6.45) is 1.98. The molecule has 0 bridgehead atoms. The van der Waals surface area contributed by atoms with Gasteiger partial charge in [0, 0.05) is 28.1 Å². The van der Waals surface area contributed by atoms with Crippen LogP contribution >= 0.6 is 23.2 Å². The van der Waals surface area contributed by atoms with Crippen molar-refractivity contribution in [3.63, 3.8) is 0 Å². The van der Waals surface area contributed by atoms with Crippen LogP contribution < -0.4 is 16.3 Å². The molecule has 0 saturated heterocycles. The fourth-order valence-corrected chi connectivity index (χ4v) is 4.01. The first kappa shape index (κ1) is 23.5. The van der Waals surface area contributed by atoms with Crippen molar-refractivity contribution in [2.45, 2.75) is 26.2 Å². The third-order valence-corrected chi connectivity index (χ3v) is 5.92. The first-order valence-electron chi connectivity index (χ1n) is 10.5. The van der Waals surface area contributed by atoms with Gasteiger partial charge in [0.25, 0.3) is 11.8 Å². The SMILES string of the molecule is Cc1c(C(=O)NNC(=O)c2ccccc2Cl)oc2c1/C(=N/NC(=O)c1ccc(Cl)cc1)CCC2. The Balaban J connectivity index is 1.48. The maximum atomic E-state index is 12.7. The molecule has 3 aromatic rings. The molecule has 1 heterocycles. The normalized spacial score (nSPS) is 13.8. The van der Waals surface area contributed by atoms with Crippen LogP contribution in [0.4, 0.5) is 0 Å². The number of hydrazine groups is 1. The first-order chi connectivity index (χ1) is 16.3. The van der Waals surface area contributed by atoms with Crippen molar-refractivity contribution >= 4 is 46.6 Å². The number of furan rings is 1. The van der Waals surface area contributed by atoms with E-state index in [2.05, 4.69) is 21.4 Å².